The van der Waals surface area contributed by atoms with Gasteiger partial charge in [-0.3, -0.25) is 4.79 Å². The first-order valence-electron chi connectivity index (χ1n) is 6.40. The summed E-state index contributed by atoms with van der Waals surface area (Å²) >= 11 is 5.92. The van der Waals surface area contributed by atoms with Crippen LogP contribution in [0, 0.1) is 18.3 Å². The average Bonchev–Trinajstić information content (AvgIpc) is 2.48. The van der Waals surface area contributed by atoms with Crippen molar-refractivity contribution in [1.29, 1.82) is 5.26 Å². The molecule has 0 saturated carbocycles. The predicted octanol–water partition coefficient (Wildman–Crippen LogP) is 4.15. The van der Waals surface area contributed by atoms with Crippen LogP contribution in [0.15, 0.2) is 42.5 Å². The molecule has 0 amide bonds. The first kappa shape index (κ1) is 15.1. The number of carbonyl (C=O) groups excluding carboxylic acids is 1. The molecular weight excluding hydrogens is 286 g/mol. The van der Waals surface area contributed by atoms with Gasteiger partial charge in [0, 0.05) is 10.6 Å². The van der Waals surface area contributed by atoms with Gasteiger partial charge < -0.3 is 4.74 Å². The van der Waals surface area contributed by atoms with E-state index in [1.807, 2.05) is 13.0 Å². The number of Topliss-reactive ketones (excluding diaryl/α,β-unsaturated/α-hetero) is 1. The van der Waals surface area contributed by atoms with Crippen LogP contribution in [-0.4, -0.2) is 12.9 Å². The lowest BCUT2D eigenvalue weighted by molar-refractivity contribution is 0.0978. The highest BCUT2D eigenvalue weighted by Gasteiger charge is 2.22. The molecule has 2 aromatic carbocycles. The third-order valence-corrected chi connectivity index (χ3v) is 3.50. The summed E-state index contributed by atoms with van der Waals surface area (Å²) in [6, 6.07) is 14.0. The van der Waals surface area contributed by atoms with Gasteiger partial charge in [0.1, 0.15) is 11.7 Å². The summed E-state index contributed by atoms with van der Waals surface area (Å²) < 4.78 is 5.22. The smallest absolute Gasteiger partial charge is 0.184 e. The molecule has 3 nitrogen and oxygen atoms in total. The Labute approximate surface area is 128 Å². The number of carbonyl (C=O) groups is 1. The molecule has 0 bridgehead atoms. The van der Waals surface area contributed by atoms with Gasteiger partial charge in [-0.1, -0.05) is 35.9 Å². The van der Waals surface area contributed by atoms with E-state index in [-0.39, 0.29) is 5.78 Å². The van der Waals surface area contributed by atoms with Crippen LogP contribution >= 0.6 is 11.6 Å². The van der Waals surface area contributed by atoms with E-state index >= 15 is 0 Å². The lowest BCUT2D eigenvalue weighted by atomic mass is 9.91. The molecule has 21 heavy (non-hydrogen) atoms. The minimum Gasteiger partial charge on any atom is -0.496 e. The van der Waals surface area contributed by atoms with Crippen molar-refractivity contribution >= 4 is 17.4 Å². The maximum Gasteiger partial charge on any atom is 0.184 e. The number of aryl methyl sites for hydroxylation is 1. The van der Waals surface area contributed by atoms with Gasteiger partial charge in [-0.05, 0) is 36.2 Å². The Kier molecular flexibility index (Phi) is 4.62. The molecule has 0 aromatic heterocycles. The van der Waals surface area contributed by atoms with Crippen molar-refractivity contribution < 1.29 is 9.53 Å². The highest BCUT2D eigenvalue weighted by atomic mass is 35.5. The highest BCUT2D eigenvalue weighted by molar-refractivity contribution is 6.30. The molecule has 0 aliphatic heterocycles. The number of ether oxygens (including phenoxy) is 1. The van der Waals surface area contributed by atoms with E-state index in [1.54, 1.807) is 49.6 Å². The summed E-state index contributed by atoms with van der Waals surface area (Å²) in [5, 5.41) is 9.84. The molecule has 0 fully saturated rings. The van der Waals surface area contributed by atoms with Crippen molar-refractivity contribution in [2.75, 3.05) is 7.11 Å². The number of nitrogens with zero attached hydrogens (tertiary/aromatic N) is 1. The molecule has 1 unspecified atom stereocenters. The Bertz CT molecular complexity index is 719. The maximum atomic E-state index is 12.5. The zero-order chi connectivity index (χ0) is 15.4. The van der Waals surface area contributed by atoms with Gasteiger partial charge in [0.25, 0.3) is 0 Å². The Morgan fingerprint density at radius 2 is 2.05 bits per heavy atom. The van der Waals surface area contributed by atoms with Gasteiger partial charge in [0.05, 0.1) is 13.2 Å². The number of methoxy groups -OCH3 is 1. The molecule has 0 aliphatic rings. The van der Waals surface area contributed by atoms with Gasteiger partial charge in [-0.15, -0.1) is 0 Å². The van der Waals surface area contributed by atoms with Gasteiger partial charge in [0.2, 0.25) is 0 Å². The van der Waals surface area contributed by atoms with Crippen LogP contribution in [0.4, 0.5) is 0 Å². The van der Waals surface area contributed by atoms with Crippen molar-refractivity contribution in [3.05, 3.63) is 64.2 Å². The van der Waals surface area contributed by atoms with E-state index in [2.05, 4.69) is 0 Å². The summed E-state index contributed by atoms with van der Waals surface area (Å²) in [6.07, 6.45) is 0. The third kappa shape index (κ3) is 3.24. The van der Waals surface area contributed by atoms with Crippen molar-refractivity contribution in [2.24, 2.45) is 0 Å². The molecule has 2 aromatic rings. The van der Waals surface area contributed by atoms with Crippen molar-refractivity contribution in [3.8, 4) is 11.8 Å². The van der Waals surface area contributed by atoms with Gasteiger partial charge >= 0.3 is 0 Å². The second kappa shape index (κ2) is 6.43. The Morgan fingerprint density at radius 1 is 1.29 bits per heavy atom. The molecule has 1 atom stereocenters. The van der Waals surface area contributed by atoms with Crippen molar-refractivity contribution in [2.45, 2.75) is 12.8 Å². The summed E-state index contributed by atoms with van der Waals surface area (Å²) in [6.45, 7) is 1.89. The van der Waals surface area contributed by atoms with Crippen LogP contribution in [0.3, 0.4) is 0 Å². The minimum atomic E-state index is -0.879. The van der Waals surface area contributed by atoms with Crippen LogP contribution < -0.4 is 4.74 Å². The molecule has 2 rings (SSSR count). The fraction of sp³-hybridized carbons (Fsp3) is 0.176. The largest absolute Gasteiger partial charge is 0.496 e. The van der Waals surface area contributed by atoms with E-state index in [4.69, 9.17) is 16.3 Å². The van der Waals surface area contributed by atoms with Crippen LogP contribution in [0.1, 0.15) is 27.4 Å². The summed E-state index contributed by atoms with van der Waals surface area (Å²) in [5.41, 5.74) is 1.98. The minimum absolute atomic E-state index is 0.266. The van der Waals surface area contributed by atoms with E-state index in [9.17, 15) is 10.1 Å². The van der Waals surface area contributed by atoms with Crippen molar-refractivity contribution in [1.82, 2.24) is 0 Å². The van der Waals surface area contributed by atoms with Crippen LogP contribution in [-0.2, 0) is 0 Å². The number of rotatable bonds is 4. The average molecular weight is 300 g/mol. The first-order chi connectivity index (χ1) is 10.1. The van der Waals surface area contributed by atoms with Crippen molar-refractivity contribution in [3.63, 3.8) is 0 Å². The van der Waals surface area contributed by atoms with E-state index in [1.165, 1.54) is 0 Å². The molecule has 0 N–H and O–H groups in total. The quantitative estimate of drug-likeness (QED) is 0.797. The fourth-order valence-corrected chi connectivity index (χ4v) is 2.31. The lowest BCUT2D eigenvalue weighted by Crippen LogP contribution is -2.11. The topological polar surface area (TPSA) is 50.1 Å². The second-order valence-electron chi connectivity index (χ2n) is 4.67. The zero-order valence-corrected chi connectivity index (χ0v) is 12.5. The number of hydrogen-bond donors (Lipinski definition) is 0. The predicted molar refractivity (Wildman–Crippen MR) is 81.9 cm³/mol. The molecule has 0 saturated heterocycles. The number of ketones is 1. The Hall–Kier alpha value is -2.31. The third-order valence-electron chi connectivity index (χ3n) is 3.27. The van der Waals surface area contributed by atoms with Gasteiger partial charge in [-0.25, -0.2) is 0 Å². The molecule has 0 radical (unpaired) electrons. The summed E-state index contributed by atoms with van der Waals surface area (Å²) in [5.74, 6) is -0.516. The molecular formula is C17H14ClNO2. The SMILES string of the molecule is COc1cc(C(=O)C(C#N)c2cccc(Cl)c2)ccc1C. The number of nitriles is 1. The maximum absolute atomic E-state index is 12.5. The second-order valence-corrected chi connectivity index (χ2v) is 5.10. The molecule has 0 heterocycles. The normalized spacial score (nSPS) is 11.5. The molecule has 0 spiro atoms. The Morgan fingerprint density at radius 3 is 2.67 bits per heavy atom. The zero-order valence-electron chi connectivity index (χ0n) is 11.8. The van der Waals surface area contributed by atoms with Crippen LogP contribution in [0.2, 0.25) is 5.02 Å². The number of halogens is 1. The first-order valence-corrected chi connectivity index (χ1v) is 6.78. The molecule has 106 valence electrons. The fourth-order valence-electron chi connectivity index (χ4n) is 2.11. The van der Waals surface area contributed by atoms with Crippen LogP contribution in [0.5, 0.6) is 5.75 Å². The summed E-state index contributed by atoms with van der Waals surface area (Å²) in [4.78, 5) is 12.5. The number of hydrogen-bond acceptors (Lipinski definition) is 3. The molecule has 0 aliphatic carbocycles. The lowest BCUT2D eigenvalue weighted by Gasteiger charge is -2.11. The van der Waals surface area contributed by atoms with E-state index in [0.29, 0.717) is 21.9 Å². The van der Waals surface area contributed by atoms with Gasteiger partial charge in [0.15, 0.2) is 5.78 Å². The number of benzene rings is 2. The van der Waals surface area contributed by atoms with E-state index in [0.717, 1.165) is 5.56 Å². The summed E-state index contributed by atoms with van der Waals surface area (Å²) in [7, 11) is 1.55. The standard InChI is InChI=1S/C17H14ClNO2/c1-11-6-7-13(9-16(11)21-2)17(20)15(10-19)12-4-3-5-14(18)8-12/h3-9,15H,1-2H3. The Balaban J connectivity index is 2.40. The van der Waals surface area contributed by atoms with Gasteiger partial charge in [-0.2, -0.15) is 5.26 Å². The molecule has 4 heteroatoms. The highest BCUT2D eigenvalue weighted by Crippen LogP contribution is 2.26. The monoisotopic (exact) mass is 299 g/mol. The van der Waals surface area contributed by atoms with E-state index < -0.39 is 5.92 Å². The van der Waals surface area contributed by atoms with Crippen LogP contribution in [0.25, 0.3) is 0 Å².